The molecule has 1 rings (SSSR count). The van der Waals surface area contributed by atoms with Gasteiger partial charge in [0.2, 0.25) is 0 Å². The van der Waals surface area contributed by atoms with Crippen LogP contribution < -0.4 is 5.32 Å². The van der Waals surface area contributed by atoms with Crippen LogP contribution in [0.2, 0.25) is 0 Å². The van der Waals surface area contributed by atoms with Crippen molar-refractivity contribution in [3.05, 3.63) is 11.6 Å². The molecule has 0 saturated heterocycles. The summed E-state index contributed by atoms with van der Waals surface area (Å²) in [4.78, 5) is 15.4. The van der Waals surface area contributed by atoms with Gasteiger partial charge in [-0.3, -0.25) is 4.79 Å². The minimum atomic E-state index is -0.953. The van der Waals surface area contributed by atoms with Gasteiger partial charge < -0.3 is 10.4 Å². The molecule has 0 saturated carbocycles. The molecule has 0 aliphatic rings. The standard InChI is InChI=1S/C11H20N4O2/c1-7(6-11(4,12-5)10(16)17)15-9(3)13-8(2)14-15/h7,12H,6H2,1-5H3,(H,16,17). The van der Waals surface area contributed by atoms with Crippen LogP contribution in [0.4, 0.5) is 0 Å². The molecule has 0 bridgehead atoms. The fraction of sp³-hybridized carbons (Fsp3) is 0.727. The molecule has 6 nitrogen and oxygen atoms in total. The van der Waals surface area contributed by atoms with Crippen LogP contribution >= 0.6 is 0 Å². The molecule has 0 amide bonds. The van der Waals surface area contributed by atoms with Crippen LogP contribution in [0.5, 0.6) is 0 Å². The van der Waals surface area contributed by atoms with Gasteiger partial charge in [0, 0.05) is 0 Å². The molecule has 17 heavy (non-hydrogen) atoms. The van der Waals surface area contributed by atoms with E-state index >= 15 is 0 Å². The van der Waals surface area contributed by atoms with Gasteiger partial charge in [-0.2, -0.15) is 5.10 Å². The number of hydrogen-bond acceptors (Lipinski definition) is 4. The van der Waals surface area contributed by atoms with E-state index in [4.69, 9.17) is 0 Å². The third-order valence-electron chi connectivity index (χ3n) is 3.05. The normalized spacial score (nSPS) is 16.5. The van der Waals surface area contributed by atoms with Crippen LogP contribution in [0.3, 0.4) is 0 Å². The highest BCUT2D eigenvalue weighted by molar-refractivity contribution is 5.78. The molecular weight excluding hydrogens is 220 g/mol. The van der Waals surface area contributed by atoms with E-state index < -0.39 is 11.5 Å². The number of aryl methyl sites for hydroxylation is 2. The van der Waals surface area contributed by atoms with Crippen molar-refractivity contribution in [3.8, 4) is 0 Å². The first-order valence-corrected chi connectivity index (χ1v) is 5.62. The first kappa shape index (κ1) is 13.6. The van der Waals surface area contributed by atoms with E-state index in [1.54, 1.807) is 18.7 Å². The van der Waals surface area contributed by atoms with E-state index in [0.717, 1.165) is 5.82 Å². The Bertz CT molecular complexity index is 416. The van der Waals surface area contributed by atoms with Crippen molar-refractivity contribution in [2.75, 3.05) is 7.05 Å². The number of aliphatic carboxylic acids is 1. The molecule has 0 aliphatic carbocycles. The minimum Gasteiger partial charge on any atom is -0.480 e. The Hall–Kier alpha value is -1.43. The van der Waals surface area contributed by atoms with Crippen molar-refractivity contribution in [1.29, 1.82) is 0 Å². The molecule has 1 aromatic rings. The van der Waals surface area contributed by atoms with Crippen LogP contribution in [0.1, 0.15) is 38.0 Å². The van der Waals surface area contributed by atoms with E-state index in [1.807, 2.05) is 20.8 Å². The largest absolute Gasteiger partial charge is 0.480 e. The van der Waals surface area contributed by atoms with Crippen LogP contribution in [0.25, 0.3) is 0 Å². The molecule has 0 aliphatic heterocycles. The summed E-state index contributed by atoms with van der Waals surface area (Å²) >= 11 is 0. The van der Waals surface area contributed by atoms with Gasteiger partial charge in [-0.05, 0) is 41.2 Å². The third kappa shape index (κ3) is 2.82. The number of carbonyl (C=O) groups is 1. The average molecular weight is 240 g/mol. The van der Waals surface area contributed by atoms with Crippen molar-refractivity contribution in [1.82, 2.24) is 20.1 Å². The van der Waals surface area contributed by atoms with Crippen LogP contribution in [0, 0.1) is 13.8 Å². The second-order valence-electron chi connectivity index (χ2n) is 4.59. The van der Waals surface area contributed by atoms with Gasteiger partial charge in [-0.1, -0.05) is 0 Å². The lowest BCUT2D eigenvalue weighted by Crippen LogP contribution is -2.48. The van der Waals surface area contributed by atoms with Crippen LogP contribution in [-0.4, -0.2) is 38.4 Å². The second-order valence-corrected chi connectivity index (χ2v) is 4.59. The van der Waals surface area contributed by atoms with E-state index in [-0.39, 0.29) is 6.04 Å². The number of carboxylic acids is 1. The Morgan fingerprint density at radius 2 is 2.18 bits per heavy atom. The highest BCUT2D eigenvalue weighted by atomic mass is 16.4. The zero-order valence-electron chi connectivity index (χ0n) is 11.0. The van der Waals surface area contributed by atoms with E-state index in [0.29, 0.717) is 12.2 Å². The highest BCUT2D eigenvalue weighted by Crippen LogP contribution is 2.21. The van der Waals surface area contributed by atoms with Gasteiger partial charge in [0.05, 0.1) is 6.04 Å². The Morgan fingerprint density at radius 1 is 1.59 bits per heavy atom. The molecule has 1 aromatic heterocycles. The van der Waals surface area contributed by atoms with Gasteiger partial charge in [0.1, 0.15) is 17.2 Å². The Labute approximate surface area is 101 Å². The molecule has 6 heteroatoms. The number of nitrogens with one attached hydrogen (secondary N) is 1. The number of carboxylic acid groups (broad SMARTS) is 1. The lowest BCUT2D eigenvalue weighted by Gasteiger charge is -2.27. The molecule has 2 N–H and O–H groups in total. The quantitative estimate of drug-likeness (QED) is 0.799. The summed E-state index contributed by atoms with van der Waals surface area (Å²) < 4.78 is 1.77. The van der Waals surface area contributed by atoms with Crippen molar-refractivity contribution in [2.45, 2.75) is 45.7 Å². The topological polar surface area (TPSA) is 80.0 Å². The van der Waals surface area contributed by atoms with Gasteiger partial charge in [0.15, 0.2) is 0 Å². The summed E-state index contributed by atoms with van der Waals surface area (Å²) in [5.41, 5.74) is -0.953. The summed E-state index contributed by atoms with van der Waals surface area (Å²) in [6.07, 6.45) is 0.447. The Balaban J connectivity index is 2.88. The zero-order valence-corrected chi connectivity index (χ0v) is 11.0. The predicted molar refractivity (Wildman–Crippen MR) is 63.9 cm³/mol. The number of aromatic nitrogens is 3. The lowest BCUT2D eigenvalue weighted by molar-refractivity contribution is -0.144. The van der Waals surface area contributed by atoms with Gasteiger partial charge in [-0.25, -0.2) is 9.67 Å². The van der Waals surface area contributed by atoms with Gasteiger partial charge >= 0.3 is 5.97 Å². The third-order valence-corrected chi connectivity index (χ3v) is 3.05. The number of nitrogens with zero attached hydrogens (tertiary/aromatic N) is 3. The monoisotopic (exact) mass is 240 g/mol. The van der Waals surface area contributed by atoms with Crippen molar-refractivity contribution < 1.29 is 9.90 Å². The smallest absolute Gasteiger partial charge is 0.323 e. The van der Waals surface area contributed by atoms with Crippen molar-refractivity contribution >= 4 is 5.97 Å². The molecule has 2 unspecified atom stereocenters. The summed E-state index contributed by atoms with van der Waals surface area (Å²) in [6, 6.07) is -0.0234. The van der Waals surface area contributed by atoms with Crippen molar-refractivity contribution in [3.63, 3.8) is 0 Å². The molecule has 0 aromatic carbocycles. The Kier molecular flexibility index (Phi) is 3.87. The molecule has 0 spiro atoms. The molecule has 1 heterocycles. The van der Waals surface area contributed by atoms with Gasteiger partial charge in [-0.15, -0.1) is 0 Å². The maximum Gasteiger partial charge on any atom is 0.323 e. The Morgan fingerprint density at radius 3 is 2.53 bits per heavy atom. The first-order chi connectivity index (χ1) is 7.80. The van der Waals surface area contributed by atoms with Gasteiger partial charge in [0.25, 0.3) is 0 Å². The van der Waals surface area contributed by atoms with E-state index in [1.165, 1.54) is 0 Å². The van der Waals surface area contributed by atoms with E-state index in [9.17, 15) is 9.90 Å². The number of likely N-dealkylation sites (N-methyl/N-ethyl adjacent to an activating group) is 1. The first-order valence-electron chi connectivity index (χ1n) is 5.62. The maximum absolute atomic E-state index is 11.2. The number of hydrogen-bond donors (Lipinski definition) is 2. The molecule has 96 valence electrons. The van der Waals surface area contributed by atoms with Crippen LogP contribution in [0.15, 0.2) is 0 Å². The summed E-state index contributed by atoms with van der Waals surface area (Å²) in [5, 5.41) is 16.3. The SMILES string of the molecule is CNC(C)(CC(C)n1nc(C)nc1C)C(=O)O. The lowest BCUT2D eigenvalue weighted by atomic mass is 9.94. The molecular formula is C11H20N4O2. The van der Waals surface area contributed by atoms with Crippen molar-refractivity contribution in [2.24, 2.45) is 0 Å². The number of rotatable bonds is 5. The average Bonchev–Trinajstić information content (AvgIpc) is 2.57. The summed E-state index contributed by atoms with van der Waals surface area (Å²) in [6.45, 7) is 7.31. The maximum atomic E-state index is 11.2. The minimum absolute atomic E-state index is 0.0234. The second kappa shape index (κ2) is 4.83. The van der Waals surface area contributed by atoms with E-state index in [2.05, 4.69) is 15.4 Å². The molecule has 0 fully saturated rings. The summed E-state index contributed by atoms with van der Waals surface area (Å²) in [7, 11) is 1.65. The predicted octanol–water partition coefficient (Wildman–Crippen LogP) is 0.909. The fourth-order valence-corrected chi connectivity index (χ4v) is 1.93. The zero-order chi connectivity index (χ0) is 13.2. The fourth-order valence-electron chi connectivity index (χ4n) is 1.93. The molecule has 2 atom stereocenters. The summed E-state index contributed by atoms with van der Waals surface area (Å²) in [5.74, 6) is 0.649. The highest BCUT2D eigenvalue weighted by Gasteiger charge is 2.33. The molecule has 0 radical (unpaired) electrons. The van der Waals surface area contributed by atoms with Crippen LogP contribution in [-0.2, 0) is 4.79 Å².